The van der Waals surface area contributed by atoms with Crippen LogP contribution in [0, 0.1) is 5.82 Å². The summed E-state index contributed by atoms with van der Waals surface area (Å²) in [4.78, 5) is 13.7. The largest absolute Gasteiger partial charge is 0.337 e. The van der Waals surface area contributed by atoms with Crippen LogP contribution >= 0.6 is 27.5 Å². The molecule has 0 radical (unpaired) electrons. The number of amides is 1. The molecular weight excluding hydrogens is 345 g/mol. The standard InChI is InChI=1S/C15H12BrClFNO/c1-19(9-11-4-2-3-5-14(11)18)15(20)10-6-7-13(17)12(16)8-10/h2-8H,9H2,1H3. The molecule has 5 heteroatoms. The van der Waals surface area contributed by atoms with E-state index >= 15 is 0 Å². The Labute approximate surface area is 130 Å². The fourth-order valence-electron chi connectivity index (χ4n) is 1.80. The summed E-state index contributed by atoms with van der Waals surface area (Å²) in [5.41, 5.74) is 0.983. The van der Waals surface area contributed by atoms with Gasteiger partial charge in [0.1, 0.15) is 5.82 Å². The Hall–Kier alpha value is -1.39. The van der Waals surface area contributed by atoms with Gasteiger partial charge in [-0.15, -0.1) is 0 Å². The summed E-state index contributed by atoms with van der Waals surface area (Å²) < 4.78 is 14.2. The van der Waals surface area contributed by atoms with Crippen molar-refractivity contribution in [2.45, 2.75) is 6.54 Å². The zero-order valence-electron chi connectivity index (χ0n) is 10.7. The van der Waals surface area contributed by atoms with Gasteiger partial charge in [0.2, 0.25) is 0 Å². The maximum absolute atomic E-state index is 13.6. The van der Waals surface area contributed by atoms with Gasteiger partial charge in [0.05, 0.1) is 5.02 Å². The molecule has 0 atom stereocenters. The number of nitrogens with zero attached hydrogens (tertiary/aromatic N) is 1. The van der Waals surface area contributed by atoms with E-state index in [2.05, 4.69) is 15.9 Å². The van der Waals surface area contributed by atoms with Gasteiger partial charge in [-0.25, -0.2) is 4.39 Å². The first-order chi connectivity index (χ1) is 9.49. The topological polar surface area (TPSA) is 20.3 Å². The highest BCUT2D eigenvalue weighted by molar-refractivity contribution is 9.10. The zero-order chi connectivity index (χ0) is 14.7. The molecule has 0 aliphatic rings. The van der Waals surface area contributed by atoms with Crippen LogP contribution in [-0.2, 0) is 6.54 Å². The van der Waals surface area contributed by atoms with Gasteiger partial charge in [-0.2, -0.15) is 0 Å². The second-order valence-electron chi connectivity index (χ2n) is 4.38. The first kappa shape index (κ1) is 15.0. The highest BCUT2D eigenvalue weighted by atomic mass is 79.9. The van der Waals surface area contributed by atoms with Crippen LogP contribution in [0.1, 0.15) is 15.9 Å². The van der Waals surface area contributed by atoms with Crippen molar-refractivity contribution < 1.29 is 9.18 Å². The molecular formula is C15H12BrClFNO. The van der Waals surface area contributed by atoms with Gasteiger partial charge in [-0.05, 0) is 40.2 Å². The number of hydrogen-bond acceptors (Lipinski definition) is 1. The lowest BCUT2D eigenvalue weighted by molar-refractivity contribution is 0.0784. The summed E-state index contributed by atoms with van der Waals surface area (Å²) in [6.07, 6.45) is 0. The second-order valence-corrected chi connectivity index (χ2v) is 5.64. The van der Waals surface area contributed by atoms with Gasteiger partial charge in [0.25, 0.3) is 5.91 Å². The quantitative estimate of drug-likeness (QED) is 0.792. The Bertz CT molecular complexity index is 648. The highest BCUT2D eigenvalue weighted by Crippen LogP contribution is 2.24. The van der Waals surface area contributed by atoms with Gasteiger partial charge < -0.3 is 4.90 Å². The monoisotopic (exact) mass is 355 g/mol. The highest BCUT2D eigenvalue weighted by Gasteiger charge is 2.14. The molecule has 0 saturated carbocycles. The van der Waals surface area contributed by atoms with Crippen molar-refractivity contribution in [1.29, 1.82) is 0 Å². The van der Waals surface area contributed by atoms with Crippen molar-refractivity contribution >= 4 is 33.4 Å². The summed E-state index contributed by atoms with van der Waals surface area (Å²) in [5.74, 6) is -0.505. The minimum absolute atomic E-state index is 0.189. The van der Waals surface area contributed by atoms with Gasteiger partial charge in [-0.1, -0.05) is 29.8 Å². The van der Waals surface area contributed by atoms with Crippen molar-refractivity contribution in [3.05, 3.63) is 68.9 Å². The zero-order valence-corrected chi connectivity index (χ0v) is 13.1. The minimum atomic E-state index is -0.315. The Morgan fingerprint density at radius 2 is 2.00 bits per heavy atom. The molecule has 104 valence electrons. The van der Waals surface area contributed by atoms with Gasteiger partial charge >= 0.3 is 0 Å². The van der Waals surface area contributed by atoms with Gasteiger partial charge in [0, 0.05) is 29.2 Å². The van der Waals surface area contributed by atoms with Crippen LogP contribution in [0.25, 0.3) is 0 Å². The van der Waals surface area contributed by atoms with E-state index in [1.807, 2.05) is 0 Å². The Morgan fingerprint density at radius 3 is 2.65 bits per heavy atom. The third-order valence-corrected chi connectivity index (χ3v) is 4.09. The van der Waals surface area contributed by atoms with Gasteiger partial charge in [-0.3, -0.25) is 4.79 Å². The lowest BCUT2D eigenvalue weighted by Gasteiger charge is -2.18. The predicted molar refractivity (Wildman–Crippen MR) is 81.3 cm³/mol. The molecule has 0 N–H and O–H groups in total. The Kier molecular flexibility index (Phi) is 4.78. The number of hydrogen-bond donors (Lipinski definition) is 0. The van der Waals surface area contributed by atoms with Crippen LogP contribution in [0.4, 0.5) is 4.39 Å². The molecule has 2 aromatic rings. The maximum Gasteiger partial charge on any atom is 0.253 e. The molecule has 0 fully saturated rings. The van der Waals surface area contributed by atoms with Crippen LogP contribution < -0.4 is 0 Å². The fraction of sp³-hybridized carbons (Fsp3) is 0.133. The molecule has 0 aliphatic heterocycles. The summed E-state index contributed by atoms with van der Waals surface area (Å²) >= 11 is 9.17. The molecule has 0 unspecified atom stereocenters. The van der Waals surface area contributed by atoms with E-state index in [-0.39, 0.29) is 18.3 Å². The normalized spacial score (nSPS) is 10.4. The van der Waals surface area contributed by atoms with Crippen molar-refractivity contribution in [2.24, 2.45) is 0 Å². The summed E-state index contributed by atoms with van der Waals surface area (Å²) in [7, 11) is 1.64. The molecule has 1 amide bonds. The Balaban J connectivity index is 2.16. The average molecular weight is 357 g/mol. The predicted octanol–water partition coefficient (Wildman–Crippen LogP) is 4.51. The Morgan fingerprint density at radius 1 is 1.30 bits per heavy atom. The van der Waals surface area contributed by atoms with E-state index in [9.17, 15) is 9.18 Å². The molecule has 2 rings (SSSR count). The number of benzene rings is 2. The molecule has 0 aliphatic carbocycles. The minimum Gasteiger partial charge on any atom is -0.337 e. The summed E-state index contributed by atoms with van der Waals surface area (Å²) in [6.45, 7) is 0.214. The molecule has 0 heterocycles. The first-order valence-corrected chi connectivity index (χ1v) is 7.10. The van der Waals surface area contributed by atoms with Crippen LogP contribution in [-0.4, -0.2) is 17.9 Å². The maximum atomic E-state index is 13.6. The molecule has 2 nitrogen and oxygen atoms in total. The lowest BCUT2D eigenvalue weighted by atomic mass is 10.1. The fourth-order valence-corrected chi connectivity index (χ4v) is 2.30. The molecule has 0 bridgehead atoms. The van der Waals surface area contributed by atoms with Crippen LogP contribution in [0.15, 0.2) is 46.9 Å². The van der Waals surface area contributed by atoms with Crippen LogP contribution in [0.2, 0.25) is 5.02 Å². The SMILES string of the molecule is CN(Cc1ccccc1F)C(=O)c1ccc(Cl)c(Br)c1. The molecule has 20 heavy (non-hydrogen) atoms. The van der Waals surface area contributed by atoms with Crippen molar-refractivity contribution in [3.8, 4) is 0 Å². The van der Waals surface area contributed by atoms with E-state index in [1.165, 1.54) is 11.0 Å². The summed E-state index contributed by atoms with van der Waals surface area (Å²) in [5, 5.41) is 0.540. The van der Waals surface area contributed by atoms with E-state index < -0.39 is 0 Å². The number of carbonyl (C=O) groups is 1. The molecule has 0 aromatic heterocycles. The van der Waals surface area contributed by atoms with E-state index in [1.54, 1.807) is 43.4 Å². The average Bonchev–Trinajstić information content (AvgIpc) is 2.43. The van der Waals surface area contributed by atoms with Crippen molar-refractivity contribution in [1.82, 2.24) is 4.90 Å². The van der Waals surface area contributed by atoms with Crippen molar-refractivity contribution in [2.75, 3.05) is 7.05 Å². The van der Waals surface area contributed by atoms with Crippen LogP contribution in [0.3, 0.4) is 0 Å². The second kappa shape index (κ2) is 6.37. The third kappa shape index (κ3) is 3.38. The summed E-state index contributed by atoms with van der Waals surface area (Å²) in [6, 6.07) is 11.4. The number of halogens is 3. The third-order valence-electron chi connectivity index (χ3n) is 2.88. The first-order valence-electron chi connectivity index (χ1n) is 5.93. The van der Waals surface area contributed by atoms with Crippen LogP contribution in [0.5, 0.6) is 0 Å². The van der Waals surface area contributed by atoms with E-state index in [0.717, 1.165) is 0 Å². The molecule has 0 spiro atoms. The van der Waals surface area contributed by atoms with E-state index in [0.29, 0.717) is 20.6 Å². The van der Waals surface area contributed by atoms with E-state index in [4.69, 9.17) is 11.6 Å². The van der Waals surface area contributed by atoms with Gasteiger partial charge in [0.15, 0.2) is 0 Å². The number of carbonyl (C=O) groups excluding carboxylic acids is 1. The smallest absolute Gasteiger partial charge is 0.253 e. The lowest BCUT2D eigenvalue weighted by Crippen LogP contribution is -2.26. The number of rotatable bonds is 3. The molecule has 0 saturated heterocycles. The van der Waals surface area contributed by atoms with Crippen molar-refractivity contribution in [3.63, 3.8) is 0 Å². The molecule has 2 aromatic carbocycles.